The van der Waals surface area contributed by atoms with Crippen molar-refractivity contribution in [3.05, 3.63) is 22.5 Å². The van der Waals surface area contributed by atoms with Gasteiger partial charge in [-0.05, 0) is 19.4 Å². The topological polar surface area (TPSA) is 71.6 Å². The molecule has 1 aromatic rings. The molecule has 1 aliphatic heterocycles. The lowest BCUT2D eigenvalue weighted by Gasteiger charge is -2.26. The number of amides is 1. The number of rotatable bonds is 2. The van der Waals surface area contributed by atoms with E-state index in [1.54, 1.807) is 18.7 Å². The first-order valence-corrected chi connectivity index (χ1v) is 6.20. The fraction of sp³-hybridized carbons (Fsp3) is 0.538. The van der Waals surface area contributed by atoms with Crippen LogP contribution in [0.15, 0.2) is 0 Å². The SMILES string of the molecule is COC(=O)c1c(C)[nH]c(C(=O)N2CCOCC2)c1C. The molecule has 1 saturated heterocycles. The van der Waals surface area contributed by atoms with Gasteiger partial charge in [0.2, 0.25) is 0 Å². The average Bonchev–Trinajstić information content (AvgIpc) is 2.73. The molecule has 0 spiro atoms. The Morgan fingerprint density at radius 2 is 1.89 bits per heavy atom. The molecule has 0 aliphatic carbocycles. The quantitative estimate of drug-likeness (QED) is 0.807. The summed E-state index contributed by atoms with van der Waals surface area (Å²) in [6.07, 6.45) is 0. The number of morpholine rings is 1. The van der Waals surface area contributed by atoms with Crippen LogP contribution in [-0.4, -0.2) is 55.2 Å². The standard InChI is InChI=1S/C13H18N2O4/c1-8-10(13(17)18-3)9(2)14-11(8)12(16)15-4-6-19-7-5-15/h14H,4-7H2,1-3H3. The van der Waals surface area contributed by atoms with E-state index in [0.717, 1.165) is 0 Å². The molecule has 19 heavy (non-hydrogen) atoms. The maximum Gasteiger partial charge on any atom is 0.339 e. The van der Waals surface area contributed by atoms with Gasteiger partial charge in [0, 0.05) is 18.8 Å². The van der Waals surface area contributed by atoms with Crippen LogP contribution in [-0.2, 0) is 9.47 Å². The van der Waals surface area contributed by atoms with Crippen molar-refractivity contribution in [1.82, 2.24) is 9.88 Å². The largest absolute Gasteiger partial charge is 0.465 e. The molecule has 0 saturated carbocycles. The summed E-state index contributed by atoms with van der Waals surface area (Å²) < 4.78 is 9.95. The number of carbonyl (C=O) groups is 2. The number of methoxy groups -OCH3 is 1. The van der Waals surface area contributed by atoms with Crippen molar-refractivity contribution < 1.29 is 19.1 Å². The van der Waals surface area contributed by atoms with Crippen LogP contribution in [0.3, 0.4) is 0 Å². The molecule has 1 N–H and O–H groups in total. The third kappa shape index (κ3) is 2.49. The first-order chi connectivity index (χ1) is 9.06. The van der Waals surface area contributed by atoms with Gasteiger partial charge in [0.15, 0.2) is 0 Å². The number of aromatic amines is 1. The third-order valence-corrected chi connectivity index (χ3v) is 3.34. The van der Waals surface area contributed by atoms with E-state index in [0.29, 0.717) is 48.8 Å². The van der Waals surface area contributed by atoms with E-state index >= 15 is 0 Å². The van der Waals surface area contributed by atoms with Crippen molar-refractivity contribution in [2.75, 3.05) is 33.4 Å². The van der Waals surface area contributed by atoms with Crippen LogP contribution in [0.5, 0.6) is 0 Å². The molecule has 6 nitrogen and oxygen atoms in total. The van der Waals surface area contributed by atoms with Crippen LogP contribution in [0, 0.1) is 13.8 Å². The van der Waals surface area contributed by atoms with Crippen LogP contribution in [0.4, 0.5) is 0 Å². The monoisotopic (exact) mass is 266 g/mol. The number of hydrogen-bond donors (Lipinski definition) is 1. The second-order valence-electron chi connectivity index (χ2n) is 4.52. The lowest BCUT2D eigenvalue weighted by atomic mass is 10.1. The molecule has 1 aliphatic rings. The number of ether oxygens (including phenoxy) is 2. The average molecular weight is 266 g/mol. The Morgan fingerprint density at radius 1 is 1.26 bits per heavy atom. The van der Waals surface area contributed by atoms with E-state index in [2.05, 4.69) is 4.98 Å². The lowest BCUT2D eigenvalue weighted by Crippen LogP contribution is -2.41. The number of nitrogens with zero attached hydrogens (tertiary/aromatic N) is 1. The van der Waals surface area contributed by atoms with Crippen molar-refractivity contribution in [3.8, 4) is 0 Å². The number of nitrogens with one attached hydrogen (secondary N) is 1. The van der Waals surface area contributed by atoms with Gasteiger partial charge in [0.25, 0.3) is 5.91 Å². The molecule has 0 bridgehead atoms. The Bertz CT molecular complexity index is 501. The van der Waals surface area contributed by atoms with E-state index in [9.17, 15) is 9.59 Å². The maximum atomic E-state index is 12.4. The summed E-state index contributed by atoms with van der Waals surface area (Å²) in [5.74, 6) is -0.522. The summed E-state index contributed by atoms with van der Waals surface area (Å²) in [6.45, 7) is 5.76. The molecule has 104 valence electrons. The molecule has 2 heterocycles. The van der Waals surface area contributed by atoms with Gasteiger partial charge in [-0.3, -0.25) is 4.79 Å². The number of carbonyl (C=O) groups excluding carboxylic acids is 2. The predicted molar refractivity (Wildman–Crippen MR) is 68.3 cm³/mol. The molecular weight excluding hydrogens is 248 g/mol. The minimum atomic E-state index is -0.424. The van der Waals surface area contributed by atoms with E-state index < -0.39 is 5.97 Å². The van der Waals surface area contributed by atoms with Gasteiger partial charge in [-0.1, -0.05) is 0 Å². The first-order valence-electron chi connectivity index (χ1n) is 6.20. The van der Waals surface area contributed by atoms with E-state index in [1.807, 2.05) is 0 Å². The number of aromatic nitrogens is 1. The van der Waals surface area contributed by atoms with Gasteiger partial charge < -0.3 is 19.4 Å². The Kier molecular flexibility index (Phi) is 3.90. The van der Waals surface area contributed by atoms with Gasteiger partial charge in [-0.2, -0.15) is 0 Å². The second-order valence-corrected chi connectivity index (χ2v) is 4.52. The molecule has 0 atom stereocenters. The van der Waals surface area contributed by atoms with Crippen LogP contribution in [0.1, 0.15) is 32.1 Å². The summed E-state index contributed by atoms with van der Waals surface area (Å²) in [4.78, 5) is 28.8. The Labute approximate surface area is 111 Å². The highest BCUT2D eigenvalue weighted by Crippen LogP contribution is 2.20. The molecular formula is C13H18N2O4. The molecule has 6 heteroatoms. The zero-order chi connectivity index (χ0) is 14.0. The minimum Gasteiger partial charge on any atom is -0.465 e. The van der Waals surface area contributed by atoms with Gasteiger partial charge in [0.1, 0.15) is 5.69 Å². The smallest absolute Gasteiger partial charge is 0.339 e. The number of aryl methyl sites for hydroxylation is 1. The maximum absolute atomic E-state index is 12.4. The molecule has 0 unspecified atom stereocenters. The van der Waals surface area contributed by atoms with Crippen LogP contribution in [0.25, 0.3) is 0 Å². The summed E-state index contributed by atoms with van der Waals surface area (Å²) in [5, 5.41) is 0. The molecule has 1 aromatic heterocycles. The Balaban J connectivity index is 2.30. The number of H-pyrrole nitrogens is 1. The predicted octanol–water partition coefficient (Wildman–Crippen LogP) is 0.891. The van der Waals surface area contributed by atoms with E-state index in [4.69, 9.17) is 9.47 Å². The lowest BCUT2D eigenvalue weighted by molar-refractivity contribution is 0.0299. The van der Waals surface area contributed by atoms with Gasteiger partial charge >= 0.3 is 5.97 Å². The van der Waals surface area contributed by atoms with Crippen molar-refractivity contribution >= 4 is 11.9 Å². The highest BCUT2D eigenvalue weighted by atomic mass is 16.5. The van der Waals surface area contributed by atoms with Crippen LogP contribution >= 0.6 is 0 Å². The molecule has 0 aromatic carbocycles. The van der Waals surface area contributed by atoms with Crippen LogP contribution in [0.2, 0.25) is 0 Å². The zero-order valence-electron chi connectivity index (χ0n) is 11.4. The summed E-state index contributed by atoms with van der Waals surface area (Å²) >= 11 is 0. The summed E-state index contributed by atoms with van der Waals surface area (Å²) in [5.41, 5.74) is 2.20. The third-order valence-electron chi connectivity index (χ3n) is 3.34. The fourth-order valence-corrected chi connectivity index (χ4v) is 2.30. The Hall–Kier alpha value is -1.82. The van der Waals surface area contributed by atoms with Crippen molar-refractivity contribution in [3.63, 3.8) is 0 Å². The number of esters is 1. The highest BCUT2D eigenvalue weighted by Gasteiger charge is 2.26. The van der Waals surface area contributed by atoms with Crippen LogP contribution < -0.4 is 0 Å². The highest BCUT2D eigenvalue weighted by molar-refractivity contribution is 6.00. The van der Waals surface area contributed by atoms with Crippen molar-refractivity contribution in [2.45, 2.75) is 13.8 Å². The Morgan fingerprint density at radius 3 is 2.47 bits per heavy atom. The molecule has 2 rings (SSSR count). The van der Waals surface area contributed by atoms with Crippen molar-refractivity contribution in [1.29, 1.82) is 0 Å². The minimum absolute atomic E-state index is 0.0981. The molecule has 1 fully saturated rings. The van der Waals surface area contributed by atoms with E-state index in [1.165, 1.54) is 7.11 Å². The number of hydrogen-bond acceptors (Lipinski definition) is 4. The summed E-state index contributed by atoms with van der Waals surface area (Å²) in [7, 11) is 1.33. The second kappa shape index (κ2) is 5.44. The fourth-order valence-electron chi connectivity index (χ4n) is 2.30. The zero-order valence-corrected chi connectivity index (χ0v) is 11.4. The summed E-state index contributed by atoms with van der Waals surface area (Å²) in [6, 6.07) is 0. The molecule has 0 radical (unpaired) electrons. The normalized spacial score (nSPS) is 15.4. The van der Waals surface area contributed by atoms with Gasteiger partial charge in [-0.25, -0.2) is 4.79 Å². The molecule has 1 amide bonds. The first kappa shape index (κ1) is 13.6. The van der Waals surface area contributed by atoms with Gasteiger partial charge in [-0.15, -0.1) is 0 Å². The van der Waals surface area contributed by atoms with Gasteiger partial charge in [0.05, 0.1) is 25.9 Å². The van der Waals surface area contributed by atoms with E-state index in [-0.39, 0.29) is 5.91 Å². The van der Waals surface area contributed by atoms with Crippen molar-refractivity contribution in [2.24, 2.45) is 0 Å².